The molecule has 2 aromatic rings. The lowest BCUT2D eigenvalue weighted by Crippen LogP contribution is -2.48. The van der Waals surface area contributed by atoms with Crippen molar-refractivity contribution in [2.45, 2.75) is 18.0 Å². The van der Waals surface area contributed by atoms with E-state index >= 15 is 0 Å². The second-order valence-electron chi connectivity index (χ2n) is 6.68. The number of rotatable bonds is 4. The third-order valence-electron chi connectivity index (χ3n) is 4.53. The van der Waals surface area contributed by atoms with Gasteiger partial charge in [-0.3, -0.25) is 4.79 Å². The van der Waals surface area contributed by atoms with Crippen molar-refractivity contribution < 1.29 is 22.2 Å². The first kappa shape index (κ1) is 22.3. The lowest BCUT2D eigenvalue weighted by Gasteiger charge is -2.36. The number of carbonyl (C=O) groups is 1. The fraction of sp³-hybridized carbons (Fsp3) is 0.333. The third-order valence-corrected chi connectivity index (χ3v) is 6.73. The fourth-order valence-electron chi connectivity index (χ4n) is 3.06. The first-order valence-corrected chi connectivity index (χ1v) is 10.8. The van der Waals surface area contributed by atoms with E-state index in [9.17, 15) is 22.2 Å². The maximum atomic E-state index is 13.1. The maximum absolute atomic E-state index is 13.1. The molecule has 0 bridgehead atoms. The summed E-state index contributed by atoms with van der Waals surface area (Å²) in [6.07, 6.45) is -4.54. The Morgan fingerprint density at radius 3 is 2.30 bits per heavy atom. The van der Waals surface area contributed by atoms with Crippen LogP contribution in [0.5, 0.6) is 0 Å². The molecule has 0 spiro atoms. The molecule has 1 aromatic carbocycles. The van der Waals surface area contributed by atoms with Gasteiger partial charge in [-0.2, -0.15) is 13.2 Å². The zero-order valence-electron chi connectivity index (χ0n) is 15.9. The number of benzene rings is 1. The molecule has 1 saturated heterocycles. The van der Waals surface area contributed by atoms with Crippen LogP contribution in [0.25, 0.3) is 0 Å². The Morgan fingerprint density at radius 2 is 1.77 bits per heavy atom. The van der Waals surface area contributed by atoms with Crippen molar-refractivity contribution in [1.29, 1.82) is 4.78 Å². The minimum atomic E-state index is -4.54. The Bertz CT molecular complexity index is 1040. The summed E-state index contributed by atoms with van der Waals surface area (Å²) >= 11 is 5.75. The minimum Gasteiger partial charge on any atom is -0.354 e. The Morgan fingerprint density at radius 1 is 1.17 bits per heavy atom. The van der Waals surface area contributed by atoms with Crippen LogP contribution in [0.4, 0.5) is 24.7 Å². The molecule has 3 rings (SSSR count). The van der Waals surface area contributed by atoms with Crippen LogP contribution in [0.15, 0.2) is 41.3 Å². The molecular formula is C18H19ClF3N5O2S. The fourth-order valence-corrected chi connectivity index (χ4v) is 4.74. The van der Waals surface area contributed by atoms with Gasteiger partial charge in [0.2, 0.25) is 5.91 Å². The molecule has 12 heteroatoms. The average Bonchev–Trinajstić information content (AvgIpc) is 2.67. The zero-order chi connectivity index (χ0) is 22.1. The van der Waals surface area contributed by atoms with E-state index in [2.05, 4.69) is 10.3 Å². The first-order valence-electron chi connectivity index (χ1n) is 8.88. The molecule has 30 heavy (non-hydrogen) atoms. The molecule has 1 fully saturated rings. The predicted molar refractivity (Wildman–Crippen MR) is 108 cm³/mol. The molecule has 1 aliphatic rings. The zero-order valence-corrected chi connectivity index (χ0v) is 17.4. The number of anilines is 2. The van der Waals surface area contributed by atoms with E-state index in [-0.39, 0.29) is 48.0 Å². The van der Waals surface area contributed by atoms with E-state index in [1.807, 2.05) is 0 Å². The Labute approximate surface area is 176 Å². The lowest BCUT2D eigenvalue weighted by atomic mass is 10.2. The van der Waals surface area contributed by atoms with Gasteiger partial charge in [-0.15, -0.1) is 0 Å². The van der Waals surface area contributed by atoms with Crippen LogP contribution < -0.4 is 10.2 Å². The molecule has 0 aliphatic carbocycles. The van der Waals surface area contributed by atoms with Crippen LogP contribution in [0.2, 0.25) is 5.15 Å². The highest BCUT2D eigenvalue weighted by Crippen LogP contribution is 2.33. The Hall–Kier alpha value is -2.37. The summed E-state index contributed by atoms with van der Waals surface area (Å²) in [5.41, 5.74) is -0.359. The van der Waals surface area contributed by atoms with E-state index in [1.165, 1.54) is 23.4 Å². The number of hydrogen-bond donors (Lipinski definition) is 2. The maximum Gasteiger partial charge on any atom is 0.416 e. The number of nitrogens with one attached hydrogen (secondary N) is 2. The molecule has 2 heterocycles. The molecule has 1 unspecified atom stereocenters. The highest BCUT2D eigenvalue weighted by molar-refractivity contribution is 7.90. The Kier molecular flexibility index (Phi) is 6.25. The van der Waals surface area contributed by atoms with Gasteiger partial charge in [0.1, 0.15) is 20.9 Å². The summed E-state index contributed by atoms with van der Waals surface area (Å²) in [7, 11) is -3.28. The monoisotopic (exact) mass is 461 g/mol. The summed E-state index contributed by atoms with van der Waals surface area (Å²) in [4.78, 5) is 17.0. The van der Waals surface area contributed by atoms with Crippen LogP contribution in [0.3, 0.4) is 0 Å². The smallest absolute Gasteiger partial charge is 0.354 e. The van der Waals surface area contributed by atoms with Gasteiger partial charge in [0.25, 0.3) is 0 Å². The molecule has 2 N–H and O–H groups in total. The van der Waals surface area contributed by atoms with Crippen molar-refractivity contribution in [1.82, 2.24) is 9.29 Å². The molecule has 1 amide bonds. The van der Waals surface area contributed by atoms with Crippen molar-refractivity contribution in [3.63, 3.8) is 0 Å². The van der Waals surface area contributed by atoms with Crippen LogP contribution in [0, 0.1) is 4.78 Å². The number of pyridine rings is 1. The molecule has 0 saturated carbocycles. The van der Waals surface area contributed by atoms with Gasteiger partial charge in [-0.25, -0.2) is 18.3 Å². The molecule has 7 nitrogen and oxygen atoms in total. The highest BCUT2D eigenvalue weighted by Gasteiger charge is 2.33. The molecule has 1 aromatic heterocycles. The second-order valence-corrected chi connectivity index (χ2v) is 9.11. The van der Waals surface area contributed by atoms with Crippen molar-refractivity contribution in [2.24, 2.45) is 0 Å². The summed E-state index contributed by atoms with van der Waals surface area (Å²) in [6, 6.07) is 7.86. The first-order chi connectivity index (χ1) is 14.0. The normalized spacial score (nSPS) is 17.4. The van der Waals surface area contributed by atoms with Gasteiger partial charge >= 0.3 is 6.18 Å². The van der Waals surface area contributed by atoms with Gasteiger partial charge in [0, 0.05) is 38.8 Å². The van der Waals surface area contributed by atoms with Crippen molar-refractivity contribution >= 4 is 38.9 Å². The summed E-state index contributed by atoms with van der Waals surface area (Å²) in [5, 5.41) is 2.34. The van der Waals surface area contributed by atoms with E-state index in [4.69, 9.17) is 16.4 Å². The third kappa shape index (κ3) is 5.02. The second kappa shape index (κ2) is 8.40. The molecule has 162 valence electrons. The number of piperazine rings is 1. The van der Waals surface area contributed by atoms with E-state index < -0.39 is 21.7 Å². The summed E-state index contributed by atoms with van der Waals surface area (Å²) in [5.74, 6) is -0.153. The van der Waals surface area contributed by atoms with Crippen LogP contribution in [-0.2, 0) is 20.9 Å². The topological polar surface area (TPSA) is 89.4 Å². The average molecular weight is 462 g/mol. The summed E-state index contributed by atoms with van der Waals surface area (Å²) in [6.45, 7) is 2.25. The van der Waals surface area contributed by atoms with Crippen molar-refractivity contribution in [3.8, 4) is 0 Å². The van der Waals surface area contributed by atoms with Gasteiger partial charge in [-0.05, 0) is 36.4 Å². The number of alkyl halides is 3. The van der Waals surface area contributed by atoms with Crippen LogP contribution in [0.1, 0.15) is 12.5 Å². The van der Waals surface area contributed by atoms with Crippen molar-refractivity contribution in [3.05, 3.63) is 47.1 Å². The highest BCUT2D eigenvalue weighted by atomic mass is 35.5. The number of halogens is 4. The van der Waals surface area contributed by atoms with Gasteiger partial charge in [0.05, 0.1) is 10.5 Å². The van der Waals surface area contributed by atoms with Gasteiger partial charge < -0.3 is 10.2 Å². The lowest BCUT2D eigenvalue weighted by molar-refractivity contribution is -0.137. The number of carbonyl (C=O) groups excluding carboxylic acids is 1. The molecular weight excluding hydrogens is 443 g/mol. The van der Waals surface area contributed by atoms with E-state index in [0.717, 1.165) is 12.1 Å². The Balaban J connectivity index is 1.72. The summed E-state index contributed by atoms with van der Waals surface area (Å²) < 4.78 is 62.0. The number of nitrogens with zero attached hydrogens (tertiary/aromatic N) is 3. The quantitative estimate of drug-likeness (QED) is 0.677. The minimum absolute atomic E-state index is 0.0885. The van der Waals surface area contributed by atoms with Crippen LogP contribution >= 0.6 is 11.6 Å². The molecule has 1 atom stereocenters. The largest absolute Gasteiger partial charge is 0.416 e. The SMILES string of the molecule is CC(=O)Nc1ccc(S(=N)(=O)N2CCN(c3cc(C(F)(F)F)cc(Cl)n3)CC2)cc1. The van der Waals surface area contributed by atoms with Crippen molar-refractivity contribution in [2.75, 3.05) is 36.4 Å². The van der Waals surface area contributed by atoms with Gasteiger partial charge in [0.15, 0.2) is 0 Å². The van der Waals surface area contributed by atoms with E-state index in [0.29, 0.717) is 5.69 Å². The number of hydrogen-bond acceptors (Lipinski definition) is 5. The predicted octanol–water partition coefficient (Wildman–Crippen LogP) is 3.86. The molecule has 0 radical (unpaired) electrons. The van der Waals surface area contributed by atoms with Gasteiger partial charge in [-0.1, -0.05) is 11.6 Å². The standard InChI is InChI=1S/C18H19ClF3N5O2S/c1-12(28)24-14-2-4-15(5-3-14)30(23,29)27-8-6-26(7-9-27)17-11-13(18(20,21)22)10-16(19)25-17/h2-5,10-11,23H,6-9H2,1H3,(H,24,28). The number of amides is 1. The number of aromatic nitrogens is 1. The van der Waals surface area contributed by atoms with Crippen LogP contribution in [-0.4, -0.2) is 45.6 Å². The van der Waals surface area contributed by atoms with E-state index in [1.54, 1.807) is 17.0 Å². The molecule has 1 aliphatic heterocycles.